The second-order valence-electron chi connectivity index (χ2n) is 10.9. The largest absolute Gasteiger partial charge is 0.493 e. The Hall–Kier alpha value is -3.37. The van der Waals surface area contributed by atoms with Gasteiger partial charge in [-0.15, -0.1) is 0 Å². The Balaban J connectivity index is 1.57. The number of benzene rings is 4. The zero-order valence-electron chi connectivity index (χ0n) is 26.8. The van der Waals surface area contributed by atoms with Gasteiger partial charge >= 0.3 is 5.97 Å². The molecule has 0 spiro atoms. The molecule has 1 aromatic heterocycles. The number of esters is 1. The van der Waals surface area contributed by atoms with Crippen molar-refractivity contribution in [1.29, 1.82) is 0 Å². The summed E-state index contributed by atoms with van der Waals surface area (Å²) in [6, 6.07) is 23.1. The van der Waals surface area contributed by atoms with Crippen LogP contribution in [0.1, 0.15) is 35.2 Å². The van der Waals surface area contributed by atoms with E-state index >= 15 is 0 Å². The van der Waals surface area contributed by atoms with E-state index < -0.39 is 12.0 Å². The van der Waals surface area contributed by atoms with Crippen LogP contribution in [0, 0.1) is 7.14 Å². The van der Waals surface area contributed by atoms with Crippen LogP contribution in [-0.4, -0.2) is 31.4 Å². The molecule has 0 saturated carbocycles. The molecule has 6 rings (SSSR count). The molecule has 4 aromatic carbocycles. The summed E-state index contributed by atoms with van der Waals surface area (Å²) in [5.41, 5.74) is 3.22. The number of ether oxygens (including phenoxy) is 4. The monoisotopic (exact) mass is 952 g/mol. The highest BCUT2D eigenvalue weighted by Crippen LogP contribution is 2.39. The third-order valence-corrected chi connectivity index (χ3v) is 10.9. The fourth-order valence-corrected chi connectivity index (χ4v) is 8.90. The summed E-state index contributed by atoms with van der Waals surface area (Å²) in [4.78, 5) is 33.8. The minimum Gasteiger partial charge on any atom is -0.493 e. The van der Waals surface area contributed by atoms with Crippen molar-refractivity contribution in [2.75, 3.05) is 20.8 Å². The molecular weight excluding hydrogens is 925 g/mol. The Morgan fingerprint density at radius 1 is 0.960 bits per heavy atom. The standard InChI is InChI=1S/C37H28Cl2I2N2O6S/c1-4-48-36(45)31-32(21-8-6-5-7-9-21)42-37-43(33(31)22-11-13-28(46-2)29(16-22)47-3)35(44)30(50-37)17-23-15-24(40)18-27(41)34(23)49-19-20-10-12-25(38)26(39)14-20/h5-18,33H,4,19H2,1-3H3/b30-17-/t33-/m1/s1. The average Bonchev–Trinajstić information content (AvgIpc) is 3.42. The van der Waals surface area contributed by atoms with Crippen molar-refractivity contribution < 1.29 is 23.7 Å². The number of hydrogen-bond acceptors (Lipinski definition) is 8. The lowest BCUT2D eigenvalue weighted by Gasteiger charge is -2.26. The van der Waals surface area contributed by atoms with Crippen LogP contribution >= 0.6 is 79.7 Å². The number of halogens is 4. The molecule has 0 saturated heterocycles. The first-order chi connectivity index (χ1) is 24.1. The number of rotatable bonds is 10. The van der Waals surface area contributed by atoms with Crippen molar-refractivity contribution >= 4 is 97.5 Å². The maximum atomic E-state index is 14.6. The highest BCUT2D eigenvalue weighted by atomic mass is 127. The quantitative estimate of drug-likeness (QED) is 0.104. The van der Waals surface area contributed by atoms with Gasteiger partial charge in [0.15, 0.2) is 16.3 Å². The van der Waals surface area contributed by atoms with Gasteiger partial charge < -0.3 is 18.9 Å². The lowest BCUT2D eigenvalue weighted by Crippen LogP contribution is -2.40. The van der Waals surface area contributed by atoms with E-state index in [4.69, 9.17) is 47.1 Å². The number of fused-ring (bicyclic) bond motifs is 1. The zero-order valence-corrected chi connectivity index (χ0v) is 33.5. The van der Waals surface area contributed by atoms with E-state index in [1.54, 1.807) is 48.9 Å². The van der Waals surface area contributed by atoms with E-state index in [0.29, 0.717) is 59.0 Å². The van der Waals surface area contributed by atoms with Gasteiger partial charge in [0.05, 0.1) is 56.3 Å². The third kappa shape index (κ3) is 7.47. The minimum absolute atomic E-state index is 0.143. The van der Waals surface area contributed by atoms with Crippen LogP contribution < -0.4 is 29.1 Å². The molecule has 0 unspecified atom stereocenters. The second kappa shape index (κ2) is 15.9. The molecule has 1 atom stereocenters. The van der Waals surface area contributed by atoms with Crippen LogP contribution in [-0.2, 0) is 16.1 Å². The summed E-state index contributed by atoms with van der Waals surface area (Å²) < 4.78 is 26.8. The highest BCUT2D eigenvalue weighted by Gasteiger charge is 2.35. The Kier molecular flexibility index (Phi) is 11.6. The first-order valence-corrected chi connectivity index (χ1v) is 18.9. The summed E-state index contributed by atoms with van der Waals surface area (Å²) in [6.07, 6.45) is 1.81. The minimum atomic E-state index is -0.885. The third-order valence-electron chi connectivity index (χ3n) is 7.79. The van der Waals surface area contributed by atoms with Crippen molar-refractivity contribution in [1.82, 2.24) is 4.57 Å². The molecule has 0 radical (unpaired) electrons. The van der Waals surface area contributed by atoms with Crippen molar-refractivity contribution in [2.45, 2.75) is 19.6 Å². The maximum absolute atomic E-state index is 14.6. The SMILES string of the molecule is CCOC(=O)C1=C(c2ccccc2)N=c2s/c(=C\c3cc(I)cc(I)c3OCc3ccc(Cl)c(Cl)c3)c(=O)n2[C@@H]1c1ccc(OC)c(OC)c1. The van der Waals surface area contributed by atoms with Crippen LogP contribution in [0.2, 0.25) is 10.0 Å². The molecule has 2 heterocycles. The molecule has 1 aliphatic heterocycles. The molecule has 0 fully saturated rings. The molecule has 50 heavy (non-hydrogen) atoms. The number of aromatic nitrogens is 1. The molecule has 8 nitrogen and oxygen atoms in total. The molecule has 0 bridgehead atoms. The summed E-state index contributed by atoms with van der Waals surface area (Å²) in [5.74, 6) is 0.993. The molecular formula is C37H28Cl2I2N2O6S. The van der Waals surface area contributed by atoms with Gasteiger partial charge in [-0.3, -0.25) is 9.36 Å². The fourth-order valence-electron chi connectivity index (χ4n) is 5.54. The molecule has 256 valence electrons. The van der Waals surface area contributed by atoms with Crippen LogP contribution in [0.5, 0.6) is 17.2 Å². The Morgan fingerprint density at radius 3 is 2.42 bits per heavy atom. The maximum Gasteiger partial charge on any atom is 0.338 e. The van der Waals surface area contributed by atoms with Gasteiger partial charge in [-0.2, -0.15) is 0 Å². The normalized spacial score (nSPS) is 14.2. The van der Waals surface area contributed by atoms with Crippen molar-refractivity contribution in [2.24, 2.45) is 4.99 Å². The number of hydrogen-bond donors (Lipinski definition) is 0. The number of thiazole rings is 1. The van der Waals surface area contributed by atoms with Crippen LogP contribution in [0.15, 0.2) is 94.2 Å². The lowest BCUT2D eigenvalue weighted by molar-refractivity contribution is -0.138. The summed E-state index contributed by atoms with van der Waals surface area (Å²) in [6.45, 7) is 2.12. The van der Waals surface area contributed by atoms with Gasteiger partial charge in [-0.05, 0) is 106 Å². The number of carbonyl (C=O) groups is 1. The highest BCUT2D eigenvalue weighted by molar-refractivity contribution is 14.1. The van der Waals surface area contributed by atoms with Gasteiger partial charge in [0.1, 0.15) is 12.4 Å². The predicted octanol–water partition coefficient (Wildman–Crippen LogP) is 8.05. The van der Waals surface area contributed by atoms with E-state index in [1.807, 2.05) is 54.6 Å². The lowest BCUT2D eigenvalue weighted by atomic mass is 9.93. The molecule has 1 aliphatic rings. The smallest absolute Gasteiger partial charge is 0.338 e. The Bertz CT molecular complexity index is 2330. The molecule has 5 aromatic rings. The van der Waals surface area contributed by atoms with Crippen LogP contribution in [0.4, 0.5) is 0 Å². The van der Waals surface area contributed by atoms with E-state index in [2.05, 4.69) is 45.2 Å². The predicted molar refractivity (Wildman–Crippen MR) is 213 cm³/mol. The summed E-state index contributed by atoms with van der Waals surface area (Å²) in [7, 11) is 3.08. The zero-order chi connectivity index (χ0) is 35.5. The molecule has 13 heteroatoms. The van der Waals surface area contributed by atoms with E-state index in [0.717, 1.165) is 12.7 Å². The van der Waals surface area contributed by atoms with Gasteiger partial charge in [-0.25, -0.2) is 9.79 Å². The van der Waals surface area contributed by atoms with Crippen molar-refractivity contribution in [3.8, 4) is 17.2 Å². The molecule has 0 amide bonds. The number of methoxy groups -OCH3 is 2. The Morgan fingerprint density at radius 2 is 1.72 bits per heavy atom. The van der Waals surface area contributed by atoms with Gasteiger partial charge in [0.25, 0.3) is 5.56 Å². The van der Waals surface area contributed by atoms with Crippen LogP contribution in [0.25, 0.3) is 11.8 Å². The first kappa shape index (κ1) is 36.4. The number of carbonyl (C=O) groups excluding carboxylic acids is 1. The van der Waals surface area contributed by atoms with Crippen molar-refractivity contribution in [3.63, 3.8) is 0 Å². The van der Waals surface area contributed by atoms with Gasteiger partial charge in [0.2, 0.25) is 0 Å². The van der Waals surface area contributed by atoms with E-state index in [9.17, 15) is 9.59 Å². The van der Waals surface area contributed by atoms with E-state index in [1.165, 1.54) is 18.4 Å². The summed E-state index contributed by atoms with van der Waals surface area (Å²) in [5, 5.41) is 0.899. The molecule has 0 N–H and O–H groups in total. The summed E-state index contributed by atoms with van der Waals surface area (Å²) >= 11 is 18.1. The number of nitrogens with zero attached hydrogens (tertiary/aromatic N) is 2. The molecule has 0 aliphatic carbocycles. The van der Waals surface area contributed by atoms with Crippen LogP contribution in [0.3, 0.4) is 0 Å². The average molecular weight is 953 g/mol. The fraction of sp³-hybridized carbons (Fsp3) is 0.162. The second-order valence-corrected chi connectivity index (χ2v) is 15.1. The van der Waals surface area contributed by atoms with E-state index in [-0.39, 0.29) is 24.3 Å². The topological polar surface area (TPSA) is 88.4 Å². The Labute approximate surface area is 329 Å². The van der Waals surface area contributed by atoms with Gasteiger partial charge in [0, 0.05) is 14.7 Å². The van der Waals surface area contributed by atoms with Crippen molar-refractivity contribution in [3.05, 3.63) is 144 Å². The van der Waals surface area contributed by atoms with Gasteiger partial charge in [-0.1, -0.05) is 77.0 Å². The first-order valence-electron chi connectivity index (χ1n) is 15.2.